The van der Waals surface area contributed by atoms with Gasteiger partial charge in [0, 0.05) is 23.7 Å². The van der Waals surface area contributed by atoms with Crippen LogP contribution < -0.4 is 0 Å². The second-order valence-electron chi connectivity index (χ2n) is 18.4. The van der Waals surface area contributed by atoms with Gasteiger partial charge in [-0.1, -0.05) is 307 Å². The quantitative estimate of drug-likeness (QED) is 0.0995. The van der Waals surface area contributed by atoms with Gasteiger partial charge in [0.05, 0.1) is 30.5 Å². The summed E-state index contributed by atoms with van der Waals surface area (Å²) < 4.78 is 0. The summed E-state index contributed by atoms with van der Waals surface area (Å²) in [6, 6.07) is 42.0. The molecule has 10 unspecified atom stereocenters. The first-order chi connectivity index (χ1) is 39.4. The van der Waals surface area contributed by atoms with E-state index in [0.29, 0.717) is 23.7 Å². The Bertz CT molecular complexity index is 2100. The molecule has 5 aliphatic carbocycles. The number of aliphatic hydroxyl groups is 5. The van der Waals surface area contributed by atoms with Gasteiger partial charge in [-0.15, -0.1) is 0 Å². The molecule has 0 radical (unpaired) electrons. The number of fused-ring (bicyclic) bond motifs is 6. The van der Waals surface area contributed by atoms with Gasteiger partial charge >= 0.3 is 0 Å². The van der Waals surface area contributed by atoms with Crippen molar-refractivity contribution in [2.24, 2.45) is 5.92 Å². The number of rotatable bonds is 0. The van der Waals surface area contributed by atoms with E-state index in [1.54, 1.807) is 0 Å². The second kappa shape index (κ2) is 56.4. The normalized spacial score (nSPS) is 21.9. The van der Waals surface area contributed by atoms with Gasteiger partial charge < -0.3 is 25.5 Å². The number of hydrogen-bond acceptors (Lipinski definition) is 5. The van der Waals surface area contributed by atoms with Gasteiger partial charge in [-0.3, -0.25) is 0 Å². The Morgan fingerprint density at radius 2 is 0.556 bits per heavy atom. The molecule has 5 aliphatic rings. The summed E-state index contributed by atoms with van der Waals surface area (Å²) in [7, 11) is 0. The van der Waals surface area contributed by atoms with E-state index in [9.17, 15) is 25.5 Å². The predicted octanol–water partition coefficient (Wildman–Crippen LogP) is 21.5. The average molecular weight is 1130 g/mol. The van der Waals surface area contributed by atoms with Gasteiger partial charge in [0.25, 0.3) is 0 Å². The van der Waals surface area contributed by atoms with Crippen molar-refractivity contribution in [3.8, 4) is 11.1 Å². The maximum atomic E-state index is 10.3. The molecular formula is C76H132O5. The fraction of sp³-hybridized carbons (Fsp3) is 0.605. The summed E-state index contributed by atoms with van der Waals surface area (Å²) in [6.07, 6.45) is 10.8. The lowest BCUT2D eigenvalue weighted by Gasteiger charge is -2.27. The Morgan fingerprint density at radius 1 is 0.259 bits per heavy atom. The molecule has 0 amide bonds. The topological polar surface area (TPSA) is 101 Å². The van der Waals surface area contributed by atoms with E-state index < -0.39 is 0 Å². The molecule has 5 aromatic carbocycles. The molecule has 1 saturated carbocycles. The van der Waals surface area contributed by atoms with Crippen LogP contribution in [0.4, 0.5) is 0 Å². The molecule has 0 saturated heterocycles. The first kappa shape index (κ1) is 85.7. The highest BCUT2D eigenvalue weighted by atomic mass is 16.3. The van der Waals surface area contributed by atoms with Crippen molar-refractivity contribution in [2.45, 2.75) is 298 Å². The third kappa shape index (κ3) is 30.3. The maximum absolute atomic E-state index is 10.3. The van der Waals surface area contributed by atoms with Crippen LogP contribution in [0.15, 0.2) is 121 Å². The minimum atomic E-state index is -0.292. The Morgan fingerprint density at radius 3 is 0.975 bits per heavy atom. The number of hydrogen-bond donors (Lipinski definition) is 5. The Hall–Kier alpha value is -4.10. The largest absolute Gasteiger partial charge is 0.393 e. The van der Waals surface area contributed by atoms with Crippen LogP contribution >= 0.6 is 0 Å². The van der Waals surface area contributed by atoms with E-state index in [2.05, 4.69) is 132 Å². The minimum Gasteiger partial charge on any atom is -0.393 e. The molecular weight excluding hydrogens is 993 g/mol. The molecule has 81 heavy (non-hydrogen) atoms. The van der Waals surface area contributed by atoms with Crippen molar-refractivity contribution in [3.05, 3.63) is 166 Å². The molecule has 0 aliphatic heterocycles. The van der Waals surface area contributed by atoms with E-state index in [0.717, 1.165) is 51.4 Å². The van der Waals surface area contributed by atoms with Crippen molar-refractivity contribution in [3.63, 3.8) is 0 Å². The molecule has 10 atom stereocenters. The zero-order valence-electron chi connectivity index (χ0n) is 57.3. The molecule has 0 heterocycles. The van der Waals surface area contributed by atoms with Gasteiger partial charge in [0.1, 0.15) is 0 Å². The Labute approximate surface area is 503 Å². The third-order valence-corrected chi connectivity index (χ3v) is 14.3. The number of aliphatic hydroxyl groups excluding tert-OH is 5. The molecule has 5 aromatic rings. The van der Waals surface area contributed by atoms with Crippen LogP contribution in [0.3, 0.4) is 0 Å². The predicted molar refractivity (Wildman–Crippen MR) is 365 cm³/mol. The lowest BCUT2D eigenvalue weighted by Crippen LogP contribution is -2.22. The highest BCUT2D eigenvalue weighted by Gasteiger charge is 2.28. The van der Waals surface area contributed by atoms with Crippen LogP contribution in [0.25, 0.3) is 11.1 Å². The first-order valence-corrected chi connectivity index (χ1v) is 33.2. The first-order valence-electron chi connectivity index (χ1n) is 33.2. The number of aryl methyl sites for hydroxylation is 2. The molecule has 466 valence electrons. The zero-order chi connectivity index (χ0) is 63.5. The summed E-state index contributed by atoms with van der Waals surface area (Å²) in [6.45, 7) is 50.5. The maximum Gasteiger partial charge on any atom is 0.0646 e. The molecule has 5 heteroatoms. The van der Waals surface area contributed by atoms with Gasteiger partial charge in [-0.25, -0.2) is 0 Å². The third-order valence-electron chi connectivity index (χ3n) is 14.3. The lowest BCUT2D eigenvalue weighted by molar-refractivity contribution is 0.0793. The fourth-order valence-electron chi connectivity index (χ4n) is 9.91. The molecule has 1 fully saturated rings. The van der Waals surface area contributed by atoms with Crippen molar-refractivity contribution in [1.82, 2.24) is 0 Å². The smallest absolute Gasteiger partial charge is 0.0646 e. The van der Waals surface area contributed by atoms with Gasteiger partial charge in [0.15, 0.2) is 0 Å². The molecule has 10 rings (SSSR count). The van der Waals surface area contributed by atoms with Crippen LogP contribution in [-0.2, 0) is 25.7 Å². The van der Waals surface area contributed by atoms with Crippen molar-refractivity contribution >= 4 is 0 Å². The standard InChI is InChI=1S/C16H16O.C12H16O.C11H14O.C10H12O.C7H14O.10C2H6/c1-11-13-7-4-5-9-15(13)14-8-3-2-6-12(14)10-16(11)17;1-9-11-7-3-2-5-10(11)6-4-8-12(9)13;1-8-10-5-3-2-4-9(10)6-7-11(8)12;1-7-9-5-3-2-4-8(9)6-10(7)11;1-6-4-2-3-5-7(6)8;10*1-2/h2-9,11,16-17H,10H2,1H3;2-3,5,7,9,12-13H,4,6,8H2,1H3;2-5,8,11-12H,6-7H2,1H3;2-5,7,10-11H,6H2,1H3;6-8H,2-5H2,1H3;10*1-2H3. The summed E-state index contributed by atoms with van der Waals surface area (Å²) in [5.41, 5.74) is 13.2. The van der Waals surface area contributed by atoms with Crippen LogP contribution in [0, 0.1) is 5.92 Å². The Balaban J connectivity index is -0.000000278. The summed E-state index contributed by atoms with van der Waals surface area (Å²) in [5.74, 6) is 1.70. The van der Waals surface area contributed by atoms with E-state index in [1.807, 2.05) is 163 Å². The van der Waals surface area contributed by atoms with E-state index in [-0.39, 0.29) is 36.4 Å². The molecule has 0 bridgehead atoms. The van der Waals surface area contributed by atoms with E-state index in [4.69, 9.17) is 0 Å². The highest BCUT2D eigenvalue weighted by molar-refractivity contribution is 5.72. The summed E-state index contributed by atoms with van der Waals surface area (Å²) in [4.78, 5) is 0. The second-order valence-corrected chi connectivity index (χ2v) is 18.4. The van der Waals surface area contributed by atoms with Crippen LogP contribution in [0.5, 0.6) is 0 Å². The van der Waals surface area contributed by atoms with Crippen LogP contribution in [0.2, 0.25) is 0 Å². The van der Waals surface area contributed by atoms with Crippen molar-refractivity contribution in [2.75, 3.05) is 0 Å². The molecule has 0 aromatic heterocycles. The van der Waals surface area contributed by atoms with Crippen molar-refractivity contribution < 1.29 is 25.5 Å². The zero-order valence-corrected chi connectivity index (χ0v) is 57.3. The van der Waals surface area contributed by atoms with Gasteiger partial charge in [-0.2, -0.15) is 0 Å². The Kier molecular flexibility index (Phi) is 59.7. The molecule has 5 N–H and O–H groups in total. The van der Waals surface area contributed by atoms with Crippen LogP contribution in [-0.4, -0.2) is 56.1 Å². The van der Waals surface area contributed by atoms with Gasteiger partial charge in [0.2, 0.25) is 0 Å². The fourth-order valence-corrected chi connectivity index (χ4v) is 9.91. The lowest BCUT2D eigenvalue weighted by atomic mass is 9.82. The minimum absolute atomic E-state index is 0.00347. The summed E-state index contributed by atoms with van der Waals surface area (Å²) in [5, 5.41) is 48.4. The highest BCUT2D eigenvalue weighted by Crippen LogP contribution is 2.38. The van der Waals surface area contributed by atoms with Crippen LogP contribution in [0.1, 0.15) is 286 Å². The monoisotopic (exact) mass is 1130 g/mol. The molecule has 0 spiro atoms. The SMILES string of the molecule is CC.CC.CC.CC.CC.CC.CC.CC.CC.CC.CC1CCCCC1O.CC1c2ccccc2-c2ccccc2CC1O.CC1c2ccccc2CC1O.CC1c2ccccc2CCC1O.CC1c2ccccc2CCCC1O. The van der Waals surface area contributed by atoms with Gasteiger partial charge in [-0.05, 0) is 119 Å². The van der Waals surface area contributed by atoms with E-state index >= 15 is 0 Å². The number of benzene rings is 5. The average Bonchev–Trinajstić information content (AvgIpc) is 3.81. The summed E-state index contributed by atoms with van der Waals surface area (Å²) >= 11 is 0. The van der Waals surface area contributed by atoms with E-state index in [1.165, 1.54) is 74.9 Å². The van der Waals surface area contributed by atoms with Crippen molar-refractivity contribution in [1.29, 1.82) is 0 Å². The molecule has 5 nitrogen and oxygen atoms in total.